The van der Waals surface area contributed by atoms with Crippen LogP contribution >= 0.6 is 11.6 Å². The van der Waals surface area contributed by atoms with E-state index in [0.29, 0.717) is 12.5 Å². The van der Waals surface area contributed by atoms with Crippen LogP contribution in [-0.4, -0.2) is 17.6 Å². The van der Waals surface area contributed by atoms with Gasteiger partial charge in [0, 0.05) is 11.4 Å². The highest BCUT2D eigenvalue weighted by molar-refractivity contribution is 6.17. The topological polar surface area (TPSA) is 29.5 Å². The summed E-state index contributed by atoms with van der Waals surface area (Å²) in [4.78, 5) is 0. The molecule has 0 aliphatic rings. The lowest BCUT2D eigenvalue weighted by Crippen LogP contribution is -2.26. The zero-order chi connectivity index (χ0) is 9.73. The van der Waals surface area contributed by atoms with Crippen molar-refractivity contribution < 1.29 is 9.84 Å². The molecule has 3 heteroatoms. The molecule has 0 saturated carbocycles. The molecule has 0 fully saturated rings. The van der Waals surface area contributed by atoms with Crippen LogP contribution in [0.5, 0.6) is 0 Å². The van der Waals surface area contributed by atoms with Gasteiger partial charge in [-0.05, 0) is 6.92 Å². The summed E-state index contributed by atoms with van der Waals surface area (Å²) in [5.41, 5.74) is 0.736. The first-order valence-electron chi connectivity index (χ1n) is 4.14. The molecular weight excluding hydrogens is 188 g/mol. The van der Waals surface area contributed by atoms with E-state index in [0.717, 1.165) is 5.56 Å². The van der Waals surface area contributed by atoms with Crippen molar-refractivity contribution in [3.63, 3.8) is 0 Å². The van der Waals surface area contributed by atoms with E-state index in [9.17, 15) is 5.11 Å². The molecule has 0 aromatic heterocycles. The summed E-state index contributed by atoms with van der Waals surface area (Å²) in [6.45, 7) is 1.94. The predicted molar refractivity (Wildman–Crippen MR) is 52.7 cm³/mol. The Morgan fingerprint density at radius 3 is 2.54 bits per heavy atom. The molecule has 1 atom stereocenters. The Morgan fingerprint density at radius 2 is 2.00 bits per heavy atom. The molecular formula is C10H13ClO2. The standard InChI is InChI=1S/C10H13ClO2/c1-10(12,13-8-7-11)9-5-3-2-4-6-9/h2-6,12H,7-8H2,1H3. The minimum atomic E-state index is -1.24. The van der Waals surface area contributed by atoms with Gasteiger partial charge in [-0.1, -0.05) is 30.3 Å². The molecule has 13 heavy (non-hydrogen) atoms. The van der Waals surface area contributed by atoms with Gasteiger partial charge in [-0.3, -0.25) is 0 Å². The van der Waals surface area contributed by atoms with Crippen LogP contribution in [0.4, 0.5) is 0 Å². The largest absolute Gasteiger partial charge is 0.362 e. The van der Waals surface area contributed by atoms with Crippen molar-refractivity contribution in [3.05, 3.63) is 35.9 Å². The number of ether oxygens (including phenoxy) is 1. The van der Waals surface area contributed by atoms with Crippen molar-refractivity contribution in [3.8, 4) is 0 Å². The zero-order valence-corrected chi connectivity index (χ0v) is 8.29. The van der Waals surface area contributed by atoms with Gasteiger partial charge in [0.2, 0.25) is 0 Å². The summed E-state index contributed by atoms with van der Waals surface area (Å²) >= 11 is 5.46. The number of hydrogen-bond donors (Lipinski definition) is 1. The third kappa shape index (κ3) is 2.99. The fourth-order valence-corrected chi connectivity index (χ4v) is 1.15. The molecule has 0 saturated heterocycles. The molecule has 0 aliphatic carbocycles. The maximum atomic E-state index is 9.84. The summed E-state index contributed by atoms with van der Waals surface area (Å²) in [6, 6.07) is 9.23. The van der Waals surface area contributed by atoms with Crippen molar-refractivity contribution in [1.29, 1.82) is 0 Å². The second-order valence-electron chi connectivity index (χ2n) is 2.89. The Hall–Kier alpha value is -0.570. The van der Waals surface area contributed by atoms with E-state index >= 15 is 0 Å². The van der Waals surface area contributed by atoms with Crippen LogP contribution in [0.2, 0.25) is 0 Å². The fraction of sp³-hybridized carbons (Fsp3) is 0.400. The van der Waals surface area contributed by atoms with Crippen LogP contribution in [0.1, 0.15) is 12.5 Å². The lowest BCUT2D eigenvalue weighted by atomic mass is 10.1. The molecule has 1 aromatic rings. The van der Waals surface area contributed by atoms with Crippen molar-refractivity contribution in [2.24, 2.45) is 0 Å². The Bertz CT molecular complexity index is 246. The maximum Gasteiger partial charge on any atom is 0.189 e. The lowest BCUT2D eigenvalue weighted by Gasteiger charge is -2.23. The molecule has 0 bridgehead atoms. The highest BCUT2D eigenvalue weighted by Crippen LogP contribution is 2.21. The van der Waals surface area contributed by atoms with Crippen LogP contribution in [0.15, 0.2) is 30.3 Å². The summed E-state index contributed by atoms with van der Waals surface area (Å²) in [7, 11) is 0. The third-order valence-corrected chi connectivity index (χ3v) is 1.92. The Kier molecular flexibility index (Phi) is 3.72. The number of alkyl halides is 1. The van der Waals surface area contributed by atoms with Gasteiger partial charge in [0.05, 0.1) is 6.61 Å². The van der Waals surface area contributed by atoms with Crippen LogP contribution < -0.4 is 0 Å². The van der Waals surface area contributed by atoms with Crippen LogP contribution in [0.3, 0.4) is 0 Å². The molecule has 0 radical (unpaired) electrons. The first kappa shape index (κ1) is 10.5. The quantitative estimate of drug-likeness (QED) is 0.596. The normalized spacial score (nSPS) is 15.3. The summed E-state index contributed by atoms with van der Waals surface area (Å²) in [5, 5.41) is 9.84. The summed E-state index contributed by atoms with van der Waals surface area (Å²) < 4.78 is 5.19. The number of hydrogen-bond acceptors (Lipinski definition) is 2. The second kappa shape index (κ2) is 4.61. The van der Waals surface area contributed by atoms with Crippen LogP contribution in [0.25, 0.3) is 0 Å². The van der Waals surface area contributed by atoms with Crippen LogP contribution in [0, 0.1) is 0 Å². The number of halogens is 1. The second-order valence-corrected chi connectivity index (χ2v) is 3.26. The first-order valence-corrected chi connectivity index (χ1v) is 4.68. The molecule has 1 unspecified atom stereocenters. The molecule has 72 valence electrons. The Labute approximate surface area is 83.1 Å². The van der Waals surface area contributed by atoms with Gasteiger partial charge in [0.1, 0.15) is 0 Å². The number of rotatable bonds is 4. The van der Waals surface area contributed by atoms with E-state index in [4.69, 9.17) is 16.3 Å². The van der Waals surface area contributed by atoms with Gasteiger partial charge < -0.3 is 9.84 Å². The Balaban J connectivity index is 2.69. The monoisotopic (exact) mass is 200 g/mol. The highest BCUT2D eigenvalue weighted by Gasteiger charge is 2.22. The Morgan fingerprint density at radius 1 is 1.38 bits per heavy atom. The molecule has 2 nitrogen and oxygen atoms in total. The summed E-state index contributed by atoms with van der Waals surface area (Å²) in [6.07, 6.45) is 0. The predicted octanol–water partition coefficient (Wildman–Crippen LogP) is 2.11. The van der Waals surface area contributed by atoms with Crippen molar-refractivity contribution >= 4 is 11.6 Å². The molecule has 1 N–H and O–H groups in total. The average Bonchev–Trinajstić information content (AvgIpc) is 2.16. The molecule has 1 aromatic carbocycles. The molecule has 1 rings (SSSR count). The van der Waals surface area contributed by atoms with E-state index in [2.05, 4.69) is 0 Å². The maximum absolute atomic E-state index is 9.84. The SMILES string of the molecule is CC(O)(OCCCl)c1ccccc1. The minimum Gasteiger partial charge on any atom is -0.362 e. The molecule has 0 aliphatic heterocycles. The van der Waals surface area contributed by atoms with E-state index < -0.39 is 5.79 Å². The molecule has 0 heterocycles. The fourth-order valence-electron chi connectivity index (χ4n) is 1.07. The van der Waals surface area contributed by atoms with Crippen molar-refractivity contribution in [1.82, 2.24) is 0 Å². The van der Waals surface area contributed by atoms with Crippen LogP contribution in [-0.2, 0) is 10.5 Å². The third-order valence-electron chi connectivity index (χ3n) is 1.77. The van der Waals surface area contributed by atoms with Gasteiger partial charge in [0.15, 0.2) is 5.79 Å². The van der Waals surface area contributed by atoms with Crippen molar-refractivity contribution in [2.75, 3.05) is 12.5 Å². The number of aliphatic hydroxyl groups is 1. The van der Waals surface area contributed by atoms with Gasteiger partial charge in [0.25, 0.3) is 0 Å². The van der Waals surface area contributed by atoms with E-state index in [1.807, 2.05) is 30.3 Å². The van der Waals surface area contributed by atoms with Gasteiger partial charge in [-0.15, -0.1) is 11.6 Å². The average molecular weight is 201 g/mol. The number of benzene rings is 1. The van der Waals surface area contributed by atoms with Crippen molar-refractivity contribution in [2.45, 2.75) is 12.7 Å². The van der Waals surface area contributed by atoms with E-state index in [-0.39, 0.29) is 0 Å². The van der Waals surface area contributed by atoms with Gasteiger partial charge in [-0.2, -0.15) is 0 Å². The summed E-state index contributed by atoms with van der Waals surface area (Å²) in [5.74, 6) is -0.862. The molecule has 0 amide bonds. The first-order chi connectivity index (χ1) is 6.17. The zero-order valence-electron chi connectivity index (χ0n) is 7.53. The molecule has 0 spiro atoms. The van der Waals surface area contributed by atoms with E-state index in [1.54, 1.807) is 6.92 Å². The van der Waals surface area contributed by atoms with E-state index in [1.165, 1.54) is 0 Å². The minimum absolute atomic E-state index is 0.337. The van der Waals surface area contributed by atoms with Gasteiger partial charge in [-0.25, -0.2) is 0 Å². The lowest BCUT2D eigenvalue weighted by molar-refractivity contribution is -0.194. The smallest absolute Gasteiger partial charge is 0.189 e. The van der Waals surface area contributed by atoms with Gasteiger partial charge >= 0.3 is 0 Å². The highest BCUT2D eigenvalue weighted by atomic mass is 35.5.